The number of H-pyrrole nitrogens is 1. The molecule has 8 heteroatoms. The molecule has 3 N–H and O–H groups in total. The first kappa shape index (κ1) is 23.7. The molecule has 2 heterocycles. The number of pyridine rings is 1. The molecule has 2 aromatic rings. The Balaban J connectivity index is 1.57. The van der Waals surface area contributed by atoms with Gasteiger partial charge in [0.05, 0.1) is 4.88 Å². The summed E-state index contributed by atoms with van der Waals surface area (Å²) in [7, 11) is 0. The van der Waals surface area contributed by atoms with Crippen LogP contribution in [0.1, 0.15) is 76.1 Å². The third-order valence-corrected chi connectivity index (χ3v) is 7.60. The number of hydrogen-bond donors (Lipinski definition) is 3. The monoisotopic (exact) mass is 454 g/mol. The van der Waals surface area contributed by atoms with Crippen LogP contribution in [0.25, 0.3) is 0 Å². The second kappa shape index (κ2) is 9.29. The third-order valence-electron chi connectivity index (χ3n) is 6.37. The number of hydrazine groups is 1. The summed E-state index contributed by atoms with van der Waals surface area (Å²) in [6.07, 6.45) is 3.58. The Morgan fingerprint density at radius 2 is 2.00 bits per heavy atom. The van der Waals surface area contributed by atoms with Crippen molar-refractivity contribution in [2.45, 2.75) is 66.7 Å². The van der Waals surface area contributed by atoms with Gasteiger partial charge in [-0.3, -0.25) is 25.2 Å². The van der Waals surface area contributed by atoms with E-state index in [1.807, 2.05) is 12.1 Å². The van der Waals surface area contributed by atoms with Gasteiger partial charge in [0.25, 0.3) is 11.5 Å². The number of carbonyl (C=O) groups excluding carboxylic acids is 2. The van der Waals surface area contributed by atoms with Crippen LogP contribution in [0, 0.1) is 36.5 Å². The van der Waals surface area contributed by atoms with Crippen LogP contribution in [0.4, 0.5) is 0 Å². The van der Waals surface area contributed by atoms with Crippen LogP contribution >= 0.6 is 11.3 Å². The smallest absolute Gasteiger partial charge is 0.279 e. The number of amides is 2. The maximum atomic E-state index is 12.6. The predicted molar refractivity (Wildman–Crippen MR) is 124 cm³/mol. The number of aryl methyl sites for hydroxylation is 2. The molecule has 1 aliphatic carbocycles. The lowest BCUT2D eigenvalue weighted by molar-refractivity contribution is -0.121. The number of rotatable bonds is 4. The Bertz CT molecular complexity index is 1150. The lowest BCUT2D eigenvalue weighted by Crippen LogP contribution is -2.41. The fraction of sp³-hybridized carbons (Fsp3) is 0.500. The lowest BCUT2D eigenvalue weighted by Gasteiger charge is -2.33. The van der Waals surface area contributed by atoms with Crippen LogP contribution in [0.15, 0.2) is 10.9 Å². The van der Waals surface area contributed by atoms with Crippen LogP contribution in [0.3, 0.4) is 0 Å². The van der Waals surface area contributed by atoms with Crippen LogP contribution in [-0.4, -0.2) is 16.8 Å². The Morgan fingerprint density at radius 1 is 1.28 bits per heavy atom. The van der Waals surface area contributed by atoms with E-state index in [4.69, 9.17) is 5.26 Å². The maximum Gasteiger partial charge on any atom is 0.279 e. The Labute approximate surface area is 192 Å². The van der Waals surface area contributed by atoms with Gasteiger partial charge in [-0.25, -0.2) is 0 Å². The van der Waals surface area contributed by atoms with Gasteiger partial charge in [0.1, 0.15) is 11.6 Å². The van der Waals surface area contributed by atoms with Crippen LogP contribution in [0.5, 0.6) is 0 Å². The number of hydrogen-bond acceptors (Lipinski definition) is 5. The highest BCUT2D eigenvalue weighted by Crippen LogP contribution is 2.40. The first-order valence-electron chi connectivity index (χ1n) is 10.8. The summed E-state index contributed by atoms with van der Waals surface area (Å²) in [6.45, 7) is 10.2. The highest BCUT2D eigenvalue weighted by molar-refractivity contribution is 7.14. The van der Waals surface area contributed by atoms with Crippen LogP contribution < -0.4 is 16.4 Å². The standard InChI is InChI=1S/C24H30N4O3S/c1-13-17(14(2)26-22(30)18(13)12-25)7-9-21(29)27-28-23(31)20-11-15-10-16(24(3,4)5)6-8-19(15)32-20/h11,16H,6-10H2,1-5H3,(H,26,30)(H,27,29)(H,28,31). The summed E-state index contributed by atoms with van der Waals surface area (Å²) in [5, 5.41) is 9.16. The third kappa shape index (κ3) is 5.10. The van der Waals surface area contributed by atoms with Crippen molar-refractivity contribution in [2.24, 2.45) is 11.3 Å². The number of nitrogens with zero attached hydrogens (tertiary/aromatic N) is 1. The Hall–Kier alpha value is -2.92. The molecule has 0 saturated carbocycles. The summed E-state index contributed by atoms with van der Waals surface area (Å²) < 4.78 is 0. The molecule has 2 aromatic heterocycles. The van der Waals surface area contributed by atoms with Gasteiger partial charge in [-0.05, 0) is 73.6 Å². The highest BCUT2D eigenvalue weighted by Gasteiger charge is 2.30. The van der Waals surface area contributed by atoms with Gasteiger partial charge in [-0.15, -0.1) is 11.3 Å². The SMILES string of the molecule is Cc1[nH]c(=O)c(C#N)c(C)c1CCC(=O)NNC(=O)c1cc2c(s1)CCC(C(C)(C)C)C2. The molecule has 0 aromatic carbocycles. The Morgan fingerprint density at radius 3 is 2.66 bits per heavy atom. The van der Waals surface area contributed by atoms with Crippen molar-refractivity contribution in [3.05, 3.63) is 54.1 Å². The highest BCUT2D eigenvalue weighted by atomic mass is 32.1. The molecule has 3 rings (SSSR count). The number of carbonyl (C=O) groups is 2. The number of nitrogens with one attached hydrogen (secondary N) is 3. The van der Waals surface area contributed by atoms with Gasteiger partial charge in [0.15, 0.2) is 0 Å². The number of thiophene rings is 1. The van der Waals surface area contributed by atoms with Gasteiger partial charge in [-0.2, -0.15) is 5.26 Å². The van der Waals surface area contributed by atoms with Gasteiger partial charge < -0.3 is 4.98 Å². The topological polar surface area (TPSA) is 115 Å². The molecule has 0 fully saturated rings. The average molecular weight is 455 g/mol. The number of nitriles is 1. The molecular formula is C24H30N4O3S. The molecule has 2 amide bonds. The predicted octanol–water partition coefficient (Wildman–Crippen LogP) is 3.47. The molecule has 1 aliphatic rings. The average Bonchev–Trinajstić information content (AvgIpc) is 3.14. The zero-order valence-corrected chi connectivity index (χ0v) is 20.1. The van der Waals surface area contributed by atoms with E-state index in [-0.39, 0.29) is 29.2 Å². The first-order valence-corrected chi connectivity index (χ1v) is 11.7. The van der Waals surface area contributed by atoms with Crippen molar-refractivity contribution >= 4 is 23.2 Å². The van der Waals surface area contributed by atoms with Crippen LogP contribution in [-0.2, 0) is 24.1 Å². The molecular weight excluding hydrogens is 424 g/mol. The summed E-state index contributed by atoms with van der Waals surface area (Å²) in [5.74, 6) is -0.0502. The zero-order valence-electron chi connectivity index (χ0n) is 19.3. The van der Waals surface area contributed by atoms with E-state index in [1.54, 1.807) is 13.8 Å². The largest absolute Gasteiger partial charge is 0.325 e. The molecule has 0 spiro atoms. The molecule has 32 heavy (non-hydrogen) atoms. The zero-order chi connectivity index (χ0) is 23.6. The second-order valence-electron chi connectivity index (χ2n) is 9.54. The number of aromatic nitrogens is 1. The molecule has 0 saturated heterocycles. The van der Waals surface area contributed by atoms with Crippen LogP contribution in [0.2, 0.25) is 0 Å². The molecule has 7 nitrogen and oxygen atoms in total. The van der Waals surface area contributed by atoms with E-state index in [0.717, 1.165) is 24.8 Å². The second-order valence-corrected chi connectivity index (χ2v) is 10.7. The fourth-order valence-electron chi connectivity index (χ4n) is 4.28. The molecule has 0 aliphatic heterocycles. The van der Waals surface area contributed by atoms with E-state index < -0.39 is 5.56 Å². The summed E-state index contributed by atoms with van der Waals surface area (Å²) in [4.78, 5) is 41.2. The van der Waals surface area contributed by atoms with Gasteiger partial charge in [-0.1, -0.05) is 20.8 Å². The van der Waals surface area contributed by atoms with E-state index in [0.29, 0.717) is 28.5 Å². The van der Waals surface area contributed by atoms with Gasteiger partial charge in [0.2, 0.25) is 5.91 Å². The van der Waals surface area contributed by atoms with Crippen molar-refractivity contribution in [1.82, 2.24) is 15.8 Å². The summed E-state index contributed by atoms with van der Waals surface area (Å²) in [5.41, 5.74) is 8.11. The molecule has 0 radical (unpaired) electrons. The Kier molecular flexibility index (Phi) is 6.89. The van der Waals surface area contributed by atoms with E-state index >= 15 is 0 Å². The number of fused-ring (bicyclic) bond motifs is 1. The van der Waals surface area contributed by atoms with E-state index in [9.17, 15) is 14.4 Å². The molecule has 0 bridgehead atoms. The van der Waals surface area contributed by atoms with E-state index in [2.05, 4.69) is 36.6 Å². The van der Waals surface area contributed by atoms with Crippen molar-refractivity contribution in [3.8, 4) is 6.07 Å². The van der Waals surface area contributed by atoms with Crippen molar-refractivity contribution in [2.75, 3.05) is 0 Å². The lowest BCUT2D eigenvalue weighted by atomic mass is 9.72. The van der Waals surface area contributed by atoms with Gasteiger partial charge >= 0.3 is 0 Å². The summed E-state index contributed by atoms with van der Waals surface area (Å²) >= 11 is 1.50. The van der Waals surface area contributed by atoms with Crippen molar-refractivity contribution in [3.63, 3.8) is 0 Å². The normalized spacial score (nSPS) is 15.6. The minimum Gasteiger partial charge on any atom is -0.325 e. The minimum atomic E-state index is -0.421. The quantitative estimate of drug-likeness (QED) is 0.614. The molecule has 1 unspecified atom stereocenters. The van der Waals surface area contributed by atoms with Gasteiger partial charge in [0, 0.05) is 17.0 Å². The molecule has 1 atom stereocenters. The fourth-order valence-corrected chi connectivity index (χ4v) is 5.39. The maximum absolute atomic E-state index is 12.6. The molecule has 170 valence electrons. The van der Waals surface area contributed by atoms with Crippen molar-refractivity contribution < 1.29 is 9.59 Å². The first-order chi connectivity index (χ1) is 15.0. The van der Waals surface area contributed by atoms with Crippen molar-refractivity contribution in [1.29, 1.82) is 5.26 Å². The van der Waals surface area contributed by atoms with E-state index in [1.165, 1.54) is 21.8 Å². The minimum absolute atomic E-state index is 0.0645. The number of aromatic amines is 1. The summed E-state index contributed by atoms with van der Waals surface area (Å²) in [6, 6.07) is 3.86.